The molecular weight excluding hydrogens is 222 g/mol. The van der Waals surface area contributed by atoms with Gasteiger partial charge in [-0.05, 0) is 42.5 Å². The van der Waals surface area contributed by atoms with Gasteiger partial charge in [-0.15, -0.1) is 11.3 Å². The number of thioether (sulfide) groups is 1. The van der Waals surface area contributed by atoms with Gasteiger partial charge in [-0.2, -0.15) is 11.8 Å². The normalized spacial score (nSPS) is 28.2. The van der Waals surface area contributed by atoms with Crippen LogP contribution in [0.4, 0.5) is 0 Å². The first-order valence-corrected chi connectivity index (χ1v) is 7.81. The molecule has 3 rings (SSSR count). The van der Waals surface area contributed by atoms with Crippen LogP contribution in [-0.2, 0) is 6.42 Å². The number of nitrogens with one attached hydrogen (secondary N) is 1. The van der Waals surface area contributed by atoms with Crippen molar-refractivity contribution < 1.29 is 0 Å². The summed E-state index contributed by atoms with van der Waals surface area (Å²) in [6.07, 6.45) is 7.70. The number of hydrogen-bond acceptors (Lipinski definition) is 3. The number of thiophene rings is 1. The lowest BCUT2D eigenvalue weighted by Crippen LogP contribution is -2.48. The van der Waals surface area contributed by atoms with E-state index in [0.29, 0.717) is 10.8 Å². The topological polar surface area (TPSA) is 12.0 Å². The first kappa shape index (κ1) is 10.2. The molecule has 1 fully saturated rings. The number of rotatable bonds is 2. The Morgan fingerprint density at radius 1 is 1.53 bits per heavy atom. The summed E-state index contributed by atoms with van der Waals surface area (Å²) in [6, 6.07) is 2.96. The van der Waals surface area contributed by atoms with Gasteiger partial charge in [0.25, 0.3) is 0 Å². The smallest absolute Gasteiger partial charge is 0.0480 e. The molecule has 15 heavy (non-hydrogen) atoms. The molecule has 0 radical (unpaired) electrons. The Hall–Kier alpha value is 0.0100. The molecule has 1 saturated carbocycles. The van der Waals surface area contributed by atoms with Gasteiger partial charge in [0.1, 0.15) is 0 Å². The molecule has 1 unspecified atom stereocenters. The third-order valence-electron chi connectivity index (χ3n) is 3.92. The van der Waals surface area contributed by atoms with Crippen molar-refractivity contribution in [3.63, 3.8) is 0 Å². The second kappa shape index (κ2) is 3.79. The standard InChI is InChI=1S/C12H17NS2/c1-14-12(5-2-6-12)11-9-4-8-15-10(9)3-7-13-11/h4,8,11,13H,2-3,5-7H2,1H3. The van der Waals surface area contributed by atoms with Gasteiger partial charge in [-0.1, -0.05) is 6.42 Å². The molecule has 3 heteroatoms. The van der Waals surface area contributed by atoms with Gasteiger partial charge in [0.05, 0.1) is 0 Å². The summed E-state index contributed by atoms with van der Waals surface area (Å²) >= 11 is 4.02. The third-order valence-corrected chi connectivity index (χ3v) is 6.38. The molecule has 1 aromatic heterocycles. The van der Waals surface area contributed by atoms with Gasteiger partial charge in [0.15, 0.2) is 0 Å². The maximum Gasteiger partial charge on any atom is 0.0480 e. The highest BCUT2D eigenvalue weighted by Crippen LogP contribution is 2.52. The Morgan fingerprint density at radius 2 is 2.40 bits per heavy atom. The van der Waals surface area contributed by atoms with E-state index >= 15 is 0 Å². The van der Waals surface area contributed by atoms with Crippen LogP contribution in [0.2, 0.25) is 0 Å². The van der Waals surface area contributed by atoms with Crippen molar-refractivity contribution in [2.75, 3.05) is 12.8 Å². The number of fused-ring (bicyclic) bond motifs is 1. The Kier molecular flexibility index (Phi) is 2.57. The molecule has 82 valence electrons. The van der Waals surface area contributed by atoms with E-state index in [1.165, 1.54) is 32.2 Å². The fourth-order valence-corrected chi connectivity index (χ4v) is 4.92. The van der Waals surface area contributed by atoms with Crippen LogP contribution < -0.4 is 5.32 Å². The second-order valence-electron chi connectivity index (χ2n) is 4.56. The summed E-state index contributed by atoms with van der Waals surface area (Å²) in [5.41, 5.74) is 1.60. The molecule has 2 heterocycles. The molecule has 2 aliphatic rings. The van der Waals surface area contributed by atoms with E-state index in [1.807, 2.05) is 11.3 Å². The van der Waals surface area contributed by atoms with E-state index in [0.717, 1.165) is 0 Å². The first-order chi connectivity index (χ1) is 7.36. The molecule has 0 spiro atoms. The van der Waals surface area contributed by atoms with Crippen LogP contribution in [0.3, 0.4) is 0 Å². The molecule has 1 N–H and O–H groups in total. The minimum Gasteiger partial charge on any atom is -0.308 e. The highest BCUT2D eigenvalue weighted by Gasteiger charge is 2.45. The van der Waals surface area contributed by atoms with Crippen molar-refractivity contribution in [2.24, 2.45) is 0 Å². The zero-order chi connectivity index (χ0) is 10.3. The van der Waals surface area contributed by atoms with E-state index < -0.39 is 0 Å². The average Bonchev–Trinajstić information content (AvgIpc) is 2.65. The van der Waals surface area contributed by atoms with Crippen molar-refractivity contribution in [1.29, 1.82) is 0 Å². The van der Waals surface area contributed by atoms with Gasteiger partial charge in [-0.3, -0.25) is 0 Å². The lowest BCUT2D eigenvalue weighted by Gasteiger charge is -2.48. The van der Waals surface area contributed by atoms with Crippen molar-refractivity contribution in [3.05, 3.63) is 21.9 Å². The van der Waals surface area contributed by atoms with Crippen LogP contribution >= 0.6 is 23.1 Å². The predicted octanol–water partition coefficient (Wildman–Crippen LogP) is 3.22. The molecule has 0 amide bonds. The van der Waals surface area contributed by atoms with Crippen LogP contribution in [0.1, 0.15) is 35.7 Å². The van der Waals surface area contributed by atoms with Crippen molar-refractivity contribution in [2.45, 2.75) is 36.5 Å². The van der Waals surface area contributed by atoms with Crippen LogP contribution in [0.5, 0.6) is 0 Å². The minimum absolute atomic E-state index is 0.510. The molecule has 1 nitrogen and oxygen atoms in total. The zero-order valence-corrected chi connectivity index (χ0v) is 10.7. The summed E-state index contributed by atoms with van der Waals surface area (Å²) in [7, 11) is 0. The highest BCUT2D eigenvalue weighted by atomic mass is 32.2. The van der Waals surface area contributed by atoms with Crippen LogP contribution in [0, 0.1) is 0 Å². The van der Waals surface area contributed by atoms with E-state index in [2.05, 4.69) is 34.8 Å². The van der Waals surface area contributed by atoms with Gasteiger partial charge in [-0.25, -0.2) is 0 Å². The summed E-state index contributed by atoms with van der Waals surface area (Å²) < 4.78 is 0.510. The lowest BCUT2D eigenvalue weighted by atomic mass is 9.75. The fourth-order valence-electron chi connectivity index (χ4n) is 2.86. The Labute approximate surface area is 99.7 Å². The molecule has 0 saturated heterocycles. The van der Waals surface area contributed by atoms with Crippen LogP contribution in [-0.4, -0.2) is 17.5 Å². The molecule has 0 bridgehead atoms. The molecule has 1 aliphatic carbocycles. The molecule has 1 aromatic rings. The second-order valence-corrected chi connectivity index (χ2v) is 6.78. The van der Waals surface area contributed by atoms with Crippen molar-refractivity contribution in [1.82, 2.24) is 5.32 Å². The Bertz CT molecular complexity index is 349. The van der Waals surface area contributed by atoms with Crippen LogP contribution in [0.25, 0.3) is 0 Å². The summed E-state index contributed by atoms with van der Waals surface area (Å²) in [4.78, 5) is 1.62. The van der Waals surface area contributed by atoms with Gasteiger partial charge in [0.2, 0.25) is 0 Å². The van der Waals surface area contributed by atoms with Gasteiger partial charge in [0, 0.05) is 22.2 Å². The highest BCUT2D eigenvalue weighted by molar-refractivity contribution is 8.00. The lowest BCUT2D eigenvalue weighted by molar-refractivity contribution is 0.267. The van der Waals surface area contributed by atoms with E-state index in [9.17, 15) is 0 Å². The molecular formula is C12H17NS2. The maximum absolute atomic E-state index is 3.74. The van der Waals surface area contributed by atoms with Gasteiger partial charge < -0.3 is 5.32 Å². The van der Waals surface area contributed by atoms with E-state index in [4.69, 9.17) is 0 Å². The quantitative estimate of drug-likeness (QED) is 0.850. The SMILES string of the molecule is CSC1(C2NCCc3sccc32)CCC1. The average molecular weight is 239 g/mol. The predicted molar refractivity (Wildman–Crippen MR) is 68.9 cm³/mol. The molecule has 0 aromatic carbocycles. The molecule has 1 atom stereocenters. The summed E-state index contributed by atoms with van der Waals surface area (Å²) in [5, 5.41) is 6.00. The van der Waals surface area contributed by atoms with Gasteiger partial charge >= 0.3 is 0 Å². The van der Waals surface area contributed by atoms with Crippen molar-refractivity contribution >= 4 is 23.1 Å². The summed E-state index contributed by atoms with van der Waals surface area (Å²) in [6.45, 7) is 1.17. The molecule has 1 aliphatic heterocycles. The number of hydrogen-bond donors (Lipinski definition) is 1. The zero-order valence-electron chi connectivity index (χ0n) is 9.08. The van der Waals surface area contributed by atoms with E-state index in [1.54, 1.807) is 10.4 Å². The monoisotopic (exact) mass is 239 g/mol. The fraction of sp³-hybridized carbons (Fsp3) is 0.667. The van der Waals surface area contributed by atoms with E-state index in [-0.39, 0.29) is 0 Å². The first-order valence-electron chi connectivity index (χ1n) is 5.70. The largest absolute Gasteiger partial charge is 0.308 e. The maximum atomic E-state index is 3.74. The summed E-state index contributed by atoms with van der Waals surface area (Å²) in [5.74, 6) is 0. The van der Waals surface area contributed by atoms with Crippen LogP contribution in [0.15, 0.2) is 11.4 Å². The minimum atomic E-state index is 0.510. The Morgan fingerprint density at radius 3 is 3.07 bits per heavy atom. The third kappa shape index (κ3) is 1.48. The Balaban J connectivity index is 1.95. The van der Waals surface area contributed by atoms with Crippen molar-refractivity contribution in [3.8, 4) is 0 Å².